The van der Waals surface area contributed by atoms with Crippen LogP contribution in [0.15, 0.2) is 18.2 Å². The van der Waals surface area contributed by atoms with Gasteiger partial charge in [0.2, 0.25) is 11.8 Å². The number of aryl methyl sites for hydroxylation is 2. The van der Waals surface area contributed by atoms with E-state index in [1.807, 2.05) is 30.9 Å². The van der Waals surface area contributed by atoms with Crippen LogP contribution in [-0.4, -0.2) is 36.3 Å². The lowest BCUT2D eigenvalue weighted by Crippen LogP contribution is -2.35. The van der Waals surface area contributed by atoms with Gasteiger partial charge in [-0.3, -0.25) is 9.59 Å². The molecule has 1 atom stereocenters. The number of nitrogens with zero attached hydrogens (tertiary/aromatic N) is 2. The van der Waals surface area contributed by atoms with Crippen LogP contribution in [0.25, 0.3) is 0 Å². The number of amides is 2. The van der Waals surface area contributed by atoms with Crippen LogP contribution in [0.3, 0.4) is 0 Å². The van der Waals surface area contributed by atoms with Crippen molar-refractivity contribution in [1.82, 2.24) is 4.90 Å². The van der Waals surface area contributed by atoms with E-state index < -0.39 is 0 Å². The van der Waals surface area contributed by atoms with Crippen LogP contribution in [0, 0.1) is 19.8 Å². The Kier molecular flexibility index (Phi) is 3.70. The fourth-order valence-corrected chi connectivity index (χ4v) is 3.42. The SMILES string of the molecule is Cc1cc(C)cc(N2CC(C(=O)N3CCCC3)CC2=O)c1. The van der Waals surface area contributed by atoms with Crippen molar-refractivity contribution in [1.29, 1.82) is 0 Å². The molecule has 0 aliphatic carbocycles. The molecular formula is C17H22N2O2. The Morgan fingerprint density at radius 3 is 2.33 bits per heavy atom. The van der Waals surface area contributed by atoms with Gasteiger partial charge < -0.3 is 9.80 Å². The lowest BCUT2D eigenvalue weighted by atomic mass is 10.1. The molecule has 1 unspecified atom stereocenters. The molecule has 0 spiro atoms. The molecule has 112 valence electrons. The Hall–Kier alpha value is -1.84. The molecule has 2 aliphatic rings. The van der Waals surface area contributed by atoms with Crippen LogP contribution in [0.4, 0.5) is 5.69 Å². The Bertz CT molecular complexity index is 556. The molecule has 2 aliphatic heterocycles. The van der Waals surface area contributed by atoms with Gasteiger partial charge in [-0.2, -0.15) is 0 Å². The van der Waals surface area contributed by atoms with Crippen molar-refractivity contribution in [2.75, 3.05) is 24.5 Å². The molecule has 2 amide bonds. The van der Waals surface area contributed by atoms with Gasteiger partial charge in [-0.1, -0.05) is 6.07 Å². The fourth-order valence-electron chi connectivity index (χ4n) is 3.42. The Morgan fingerprint density at radius 2 is 1.71 bits per heavy atom. The van der Waals surface area contributed by atoms with E-state index in [0.717, 1.165) is 42.7 Å². The van der Waals surface area contributed by atoms with Gasteiger partial charge in [-0.15, -0.1) is 0 Å². The monoisotopic (exact) mass is 286 g/mol. The van der Waals surface area contributed by atoms with E-state index in [0.29, 0.717) is 13.0 Å². The average molecular weight is 286 g/mol. The quantitative estimate of drug-likeness (QED) is 0.837. The fraction of sp³-hybridized carbons (Fsp3) is 0.529. The molecule has 21 heavy (non-hydrogen) atoms. The first-order valence-corrected chi connectivity index (χ1v) is 7.72. The molecule has 2 fully saturated rings. The van der Waals surface area contributed by atoms with Crippen LogP contribution >= 0.6 is 0 Å². The first-order chi connectivity index (χ1) is 10.0. The lowest BCUT2D eigenvalue weighted by Gasteiger charge is -2.21. The number of anilines is 1. The summed E-state index contributed by atoms with van der Waals surface area (Å²) in [5.74, 6) is 0.0571. The smallest absolute Gasteiger partial charge is 0.228 e. The summed E-state index contributed by atoms with van der Waals surface area (Å²) in [7, 11) is 0. The maximum Gasteiger partial charge on any atom is 0.228 e. The van der Waals surface area contributed by atoms with E-state index in [-0.39, 0.29) is 17.7 Å². The lowest BCUT2D eigenvalue weighted by molar-refractivity contribution is -0.134. The molecule has 1 aromatic carbocycles. The van der Waals surface area contributed by atoms with Crippen LogP contribution < -0.4 is 4.90 Å². The minimum absolute atomic E-state index is 0.0672. The Balaban J connectivity index is 1.76. The summed E-state index contributed by atoms with van der Waals surface area (Å²) >= 11 is 0. The maximum atomic E-state index is 12.5. The molecular weight excluding hydrogens is 264 g/mol. The molecule has 0 saturated carbocycles. The summed E-state index contributed by atoms with van der Waals surface area (Å²) in [5.41, 5.74) is 3.22. The molecule has 2 saturated heterocycles. The Morgan fingerprint density at radius 1 is 1.10 bits per heavy atom. The van der Waals surface area contributed by atoms with Gasteiger partial charge in [0.05, 0.1) is 5.92 Å². The first-order valence-electron chi connectivity index (χ1n) is 7.72. The number of benzene rings is 1. The van der Waals surface area contributed by atoms with Gasteiger partial charge in [0.1, 0.15) is 0 Å². The predicted molar refractivity (Wildman–Crippen MR) is 82.2 cm³/mol. The second kappa shape index (κ2) is 5.51. The second-order valence-corrected chi connectivity index (χ2v) is 6.28. The van der Waals surface area contributed by atoms with E-state index in [4.69, 9.17) is 0 Å². The molecule has 3 rings (SSSR count). The largest absolute Gasteiger partial charge is 0.342 e. The van der Waals surface area contributed by atoms with Crippen molar-refractivity contribution in [3.63, 3.8) is 0 Å². The summed E-state index contributed by atoms with van der Waals surface area (Å²) in [6.45, 7) is 6.30. The van der Waals surface area contributed by atoms with Gasteiger partial charge in [0.15, 0.2) is 0 Å². The number of likely N-dealkylation sites (tertiary alicyclic amines) is 1. The highest BCUT2D eigenvalue weighted by atomic mass is 16.2. The number of hydrogen-bond acceptors (Lipinski definition) is 2. The molecule has 1 aromatic rings. The molecule has 4 nitrogen and oxygen atoms in total. The standard InChI is InChI=1S/C17H22N2O2/c1-12-7-13(2)9-15(8-12)19-11-14(10-16(19)20)17(21)18-5-3-4-6-18/h7-9,14H,3-6,10-11H2,1-2H3. The highest BCUT2D eigenvalue weighted by Gasteiger charge is 2.37. The van der Waals surface area contributed by atoms with Crippen molar-refractivity contribution >= 4 is 17.5 Å². The third-order valence-electron chi connectivity index (χ3n) is 4.41. The van der Waals surface area contributed by atoms with Crippen molar-refractivity contribution < 1.29 is 9.59 Å². The zero-order valence-corrected chi connectivity index (χ0v) is 12.8. The van der Waals surface area contributed by atoms with Gasteiger partial charge in [-0.25, -0.2) is 0 Å². The van der Waals surface area contributed by atoms with Crippen molar-refractivity contribution in [2.45, 2.75) is 33.1 Å². The highest BCUT2D eigenvalue weighted by Crippen LogP contribution is 2.28. The summed E-state index contributed by atoms with van der Waals surface area (Å²) < 4.78 is 0. The first kappa shape index (κ1) is 14.1. The van der Waals surface area contributed by atoms with E-state index in [1.54, 1.807) is 4.90 Å². The van der Waals surface area contributed by atoms with E-state index in [2.05, 4.69) is 6.07 Å². The minimum atomic E-state index is -0.170. The average Bonchev–Trinajstić information content (AvgIpc) is 3.05. The zero-order chi connectivity index (χ0) is 15.0. The van der Waals surface area contributed by atoms with Crippen LogP contribution in [0.2, 0.25) is 0 Å². The Labute approximate surface area is 125 Å². The second-order valence-electron chi connectivity index (χ2n) is 6.28. The maximum absolute atomic E-state index is 12.5. The summed E-state index contributed by atoms with van der Waals surface area (Å²) in [6, 6.07) is 6.14. The van der Waals surface area contributed by atoms with Crippen molar-refractivity contribution in [2.24, 2.45) is 5.92 Å². The molecule has 0 bridgehead atoms. The van der Waals surface area contributed by atoms with Crippen molar-refractivity contribution in [3.05, 3.63) is 29.3 Å². The summed E-state index contributed by atoms with van der Waals surface area (Å²) in [5, 5.41) is 0. The molecule has 0 radical (unpaired) electrons. The number of carbonyl (C=O) groups is 2. The molecule has 4 heteroatoms. The molecule has 2 heterocycles. The zero-order valence-electron chi connectivity index (χ0n) is 12.8. The number of carbonyl (C=O) groups excluding carboxylic acids is 2. The van der Waals surface area contributed by atoms with Crippen LogP contribution in [-0.2, 0) is 9.59 Å². The van der Waals surface area contributed by atoms with Crippen LogP contribution in [0.5, 0.6) is 0 Å². The number of hydrogen-bond donors (Lipinski definition) is 0. The van der Waals surface area contributed by atoms with E-state index >= 15 is 0 Å². The molecule has 0 N–H and O–H groups in total. The third-order valence-corrected chi connectivity index (χ3v) is 4.41. The van der Waals surface area contributed by atoms with Crippen LogP contribution in [0.1, 0.15) is 30.4 Å². The molecule has 0 aromatic heterocycles. The topological polar surface area (TPSA) is 40.6 Å². The minimum Gasteiger partial charge on any atom is -0.342 e. The van der Waals surface area contributed by atoms with Crippen molar-refractivity contribution in [3.8, 4) is 0 Å². The van der Waals surface area contributed by atoms with Gasteiger partial charge in [0, 0.05) is 31.7 Å². The summed E-state index contributed by atoms with van der Waals surface area (Å²) in [4.78, 5) is 28.4. The third kappa shape index (κ3) is 2.80. The van der Waals surface area contributed by atoms with E-state index in [1.165, 1.54) is 0 Å². The predicted octanol–water partition coefficient (Wildman–Crippen LogP) is 2.28. The van der Waals surface area contributed by atoms with Gasteiger partial charge in [-0.05, 0) is 49.9 Å². The normalized spacial score (nSPS) is 22.2. The van der Waals surface area contributed by atoms with Gasteiger partial charge in [0.25, 0.3) is 0 Å². The summed E-state index contributed by atoms with van der Waals surface area (Å²) in [6.07, 6.45) is 2.53. The highest BCUT2D eigenvalue weighted by molar-refractivity contribution is 6.00. The number of rotatable bonds is 2. The van der Waals surface area contributed by atoms with E-state index in [9.17, 15) is 9.59 Å². The van der Waals surface area contributed by atoms with Gasteiger partial charge >= 0.3 is 0 Å².